The molecule has 1 amide bonds. The van der Waals surface area contributed by atoms with E-state index in [1.54, 1.807) is 0 Å². The molecule has 3 aliphatic rings. The Labute approximate surface area is 217 Å². The molecule has 0 bridgehead atoms. The molecule has 9 heteroatoms. The Hall–Kier alpha value is -1.81. The lowest BCUT2D eigenvalue weighted by molar-refractivity contribution is 0.00578. The highest BCUT2D eigenvalue weighted by atomic mass is 16.7. The van der Waals surface area contributed by atoms with Gasteiger partial charge < -0.3 is 29.2 Å². The van der Waals surface area contributed by atoms with Crippen LogP contribution in [0.4, 0.5) is 10.5 Å². The summed E-state index contributed by atoms with van der Waals surface area (Å²) in [6.07, 6.45) is -0.232. The molecule has 3 saturated heterocycles. The lowest BCUT2D eigenvalue weighted by Crippen LogP contribution is -2.50. The topological polar surface area (TPSA) is 66.5 Å². The second-order valence-corrected chi connectivity index (χ2v) is 12.4. The van der Waals surface area contributed by atoms with Crippen LogP contribution < -0.4 is 15.7 Å². The number of nitrogens with zero attached hydrogens (tertiary/aromatic N) is 3. The Bertz CT molecular complexity index is 932. The molecular weight excluding hydrogens is 455 g/mol. The fraction of sp³-hybridized carbons (Fsp3) is 0.741. The molecule has 3 aliphatic heterocycles. The molecule has 4 rings (SSSR count). The molecule has 0 spiro atoms. The Kier molecular flexibility index (Phi) is 7.69. The highest BCUT2D eigenvalue weighted by molar-refractivity contribution is 6.62. The minimum absolute atomic E-state index is 0.232. The van der Waals surface area contributed by atoms with Gasteiger partial charge in [-0.2, -0.15) is 0 Å². The first-order chi connectivity index (χ1) is 16.8. The van der Waals surface area contributed by atoms with Gasteiger partial charge in [-0.25, -0.2) is 4.79 Å². The molecule has 0 atom stereocenters. The van der Waals surface area contributed by atoms with Gasteiger partial charge in [-0.15, -0.1) is 0 Å². The number of ether oxygens (including phenoxy) is 1. The van der Waals surface area contributed by atoms with Crippen LogP contribution >= 0.6 is 0 Å². The number of anilines is 1. The van der Waals surface area contributed by atoms with Crippen molar-refractivity contribution in [1.82, 2.24) is 15.1 Å². The lowest BCUT2D eigenvalue weighted by Gasteiger charge is -2.38. The molecule has 1 N–H and O–H groups in total. The Morgan fingerprint density at radius 3 is 2.14 bits per heavy atom. The van der Waals surface area contributed by atoms with E-state index in [2.05, 4.69) is 61.9 Å². The van der Waals surface area contributed by atoms with Gasteiger partial charge in [-0.3, -0.25) is 4.90 Å². The molecule has 0 saturated carbocycles. The van der Waals surface area contributed by atoms with Gasteiger partial charge in [0.2, 0.25) is 0 Å². The number of piperazine rings is 2. The standard InChI is InChI=1S/C27H45BN4O4/c1-20-22(28-35-26(5,6)27(7,8)36-28)17-21(19-30-11-9-29-10-12-30)18-23(20)31-13-15-32(16-14-31)24(33)34-25(2,3)4/h17-18,29H,9-16,19H2,1-8H3. The first kappa shape index (κ1) is 27.2. The van der Waals surface area contributed by atoms with Crippen molar-refractivity contribution in [3.05, 3.63) is 23.3 Å². The van der Waals surface area contributed by atoms with Crippen LogP contribution in [0.5, 0.6) is 0 Å². The third kappa shape index (κ3) is 6.01. The van der Waals surface area contributed by atoms with Gasteiger partial charge in [0.1, 0.15) is 5.60 Å². The van der Waals surface area contributed by atoms with Crippen LogP contribution in [0, 0.1) is 6.92 Å². The van der Waals surface area contributed by atoms with E-state index < -0.39 is 23.9 Å². The van der Waals surface area contributed by atoms with E-state index in [0.29, 0.717) is 13.1 Å². The molecule has 0 aromatic heterocycles. The van der Waals surface area contributed by atoms with E-state index in [1.807, 2.05) is 25.7 Å². The molecule has 0 unspecified atom stereocenters. The Morgan fingerprint density at radius 2 is 1.58 bits per heavy atom. The third-order valence-corrected chi connectivity index (χ3v) is 7.88. The molecule has 1 aromatic carbocycles. The minimum Gasteiger partial charge on any atom is -0.444 e. The van der Waals surface area contributed by atoms with Crippen molar-refractivity contribution in [1.29, 1.82) is 0 Å². The molecule has 8 nitrogen and oxygen atoms in total. The zero-order valence-corrected chi connectivity index (χ0v) is 23.6. The normalized spacial score (nSPS) is 22.7. The van der Waals surface area contributed by atoms with Crippen molar-refractivity contribution in [2.24, 2.45) is 0 Å². The van der Waals surface area contributed by atoms with Crippen LogP contribution in [0.1, 0.15) is 59.6 Å². The summed E-state index contributed by atoms with van der Waals surface area (Å²) >= 11 is 0. The van der Waals surface area contributed by atoms with E-state index in [-0.39, 0.29) is 6.09 Å². The van der Waals surface area contributed by atoms with Crippen LogP contribution in [0.2, 0.25) is 0 Å². The Morgan fingerprint density at radius 1 is 1.00 bits per heavy atom. The number of hydrogen-bond acceptors (Lipinski definition) is 7. The highest BCUT2D eigenvalue weighted by Crippen LogP contribution is 2.37. The van der Waals surface area contributed by atoms with Gasteiger partial charge in [0.05, 0.1) is 11.2 Å². The van der Waals surface area contributed by atoms with Crippen molar-refractivity contribution in [2.75, 3.05) is 57.3 Å². The fourth-order valence-electron chi connectivity index (χ4n) is 5.00. The fourth-order valence-corrected chi connectivity index (χ4v) is 5.00. The van der Waals surface area contributed by atoms with E-state index in [9.17, 15) is 4.79 Å². The van der Waals surface area contributed by atoms with Crippen LogP contribution in [0.15, 0.2) is 12.1 Å². The van der Waals surface area contributed by atoms with Gasteiger partial charge in [0.25, 0.3) is 0 Å². The summed E-state index contributed by atoms with van der Waals surface area (Å²) in [6, 6.07) is 4.61. The predicted molar refractivity (Wildman–Crippen MR) is 145 cm³/mol. The number of nitrogens with one attached hydrogen (secondary N) is 1. The minimum atomic E-state index is -0.485. The lowest BCUT2D eigenvalue weighted by atomic mass is 9.74. The average molecular weight is 500 g/mol. The maximum atomic E-state index is 12.6. The number of carbonyl (C=O) groups is 1. The second-order valence-electron chi connectivity index (χ2n) is 12.4. The molecule has 3 heterocycles. The van der Waals surface area contributed by atoms with Crippen LogP contribution in [0.3, 0.4) is 0 Å². The Balaban J connectivity index is 1.58. The maximum absolute atomic E-state index is 12.6. The number of benzene rings is 1. The average Bonchev–Trinajstić information content (AvgIpc) is 3.01. The zero-order valence-electron chi connectivity index (χ0n) is 23.6. The van der Waals surface area contributed by atoms with Crippen LogP contribution in [-0.2, 0) is 20.6 Å². The van der Waals surface area contributed by atoms with Crippen LogP contribution in [-0.4, -0.2) is 92.2 Å². The van der Waals surface area contributed by atoms with Crippen molar-refractivity contribution in [3.63, 3.8) is 0 Å². The molecule has 1 aromatic rings. The molecule has 3 fully saturated rings. The smallest absolute Gasteiger partial charge is 0.444 e. The molecule has 36 heavy (non-hydrogen) atoms. The predicted octanol–water partition coefficient (Wildman–Crippen LogP) is 2.76. The van der Waals surface area contributed by atoms with E-state index in [1.165, 1.54) is 16.8 Å². The maximum Gasteiger partial charge on any atom is 0.495 e. The van der Waals surface area contributed by atoms with Crippen molar-refractivity contribution in [3.8, 4) is 0 Å². The summed E-state index contributed by atoms with van der Waals surface area (Å²) in [5, 5.41) is 3.44. The quantitative estimate of drug-likeness (QED) is 0.638. The molecular formula is C27H45BN4O4. The summed E-state index contributed by atoms with van der Waals surface area (Å²) in [5.74, 6) is 0. The molecule has 200 valence electrons. The van der Waals surface area contributed by atoms with Gasteiger partial charge in [-0.05, 0) is 78.0 Å². The second kappa shape index (κ2) is 10.2. The summed E-state index contributed by atoms with van der Waals surface area (Å²) in [7, 11) is -0.403. The largest absolute Gasteiger partial charge is 0.495 e. The number of hydrogen-bond donors (Lipinski definition) is 1. The third-order valence-electron chi connectivity index (χ3n) is 7.88. The van der Waals surface area contributed by atoms with Crippen molar-refractivity contribution in [2.45, 2.75) is 78.7 Å². The summed E-state index contributed by atoms with van der Waals surface area (Å²) in [4.78, 5) is 19.3. The van der Waals surface area contributed by atoms with Crippen molar-refractivity contribution < 1.29 is 18.8 Å². The van der Waals surface area contributed by atoms with E-state index >= 15 is 0 Å². The monoisotopic (exact) mass is 500 g/mol. The highest BCUT2D eigenvalue weighted by Gasteiger charge is 2.52. The van der Waals surface area contributed by atoms with Crippen LogP contribution in [0.25, 0.3) is 0 Å². The number of rotatable bonds is 4. The first-order valence-corrected chi connectivity index (χ1v) is 13.4. The summed E-state index contributed by atoms with van der Waals surface area (Å²) < 4.78 is 18.6. The van der Waals surface area contributed by atoms with Gasteiger partial charge >= 0.3 is 13.2 Å². The van der Waals surface area contributed by atoms with Gasteiger partial charge in [0, 0.05) is 64.6 Å². The summed E-state index contributed by atoms with van der Waals surface area (Å²) in [5.41, 5.74) is 3.50. The van der Waals surface area contributed by atoms with Gasteiger partial charge in [-0.1, -0.05) is 6.07 Å². The summed E-state index contributed by atoms with van der Waals surface area (Å²) in [6.45, 7) is 24.1. The van der Waals surface area contributed by atoms with Crippen molar-refractivity contribution >= 4 is 24.4 Å². The molecule has 0 radical (unpaired) electrons. The SMILES string of the molecule is Cc1c(B2OC(C)(C)C(C)(C)O2)cc(CN2CCNCC2)cc1N1CCN(C(=O)OC(C)(C)C)CC1. The van der Waals surface area contributed by atoms with E-state index in [4.69, 9.17) is 14.0 Å². The molecule has 0 aliphatic carbocycles. The number of amides is 1. The zero-order chi connectivity index (χ0) is 26.3. The number of carbonyl (C=O) groups excluding carboxylic acids is 1. The first-order valence-electron chi connectivity index (χ1n) is 13.4. The van der Waals surface area contributed by atoms with E-state index in [0.717, 1.165) is 51.3 Å². The van der Waals surface area contributed by atoms with Gasteiger partial charge in [0.15, 0.2) is 0 Å².